The second-order valence-corrected chi connectivity index (χ2v) is 5.41. The number of hydrogen-bond donors (Lipinski definition) is 3. The van der Waals surface area contributed by atoms with Crippen LogP contribution in [-0.2, 0) is 11.2 Å². The van der Waals surface area contributed by atoms with E-state index in [1.54, 1.807) is 0 Å². The minimum absolute atomic E-state index is 0. The molecule has 0 spiro atoms. The highest BCUT2D eigenvalue weighted by Gasteiger charge is 2.02. The quantitative estimate of drug-likeness (QED) is 0.224. The fraction of sp³-hybridized carbons (Fsp3) is 0.556. The summed E-state index contributed by atoms with van der Waals surface area (Å²) < 4.78 is 0. The third kappa shape index (κ3) is 11.3. The number of rotatable bonds is 10. The predicted octanol–water partition coefficient (Wildman–Crippen LogP) is 2.71. The standard InChI is InChI=1S/C18H30N4O.HI/c1-3-5-9-13-21-18(19-4-2)22-15-17(23)20-14-12-16-10-7-6-8-11-16;/h6-8,10-11H,3-5,9,12-15H2,1-2H3,(H,20,23)(H2,19,21,22);1H. The molecule has 0 atom stereocenters. The molecule has 0 radical (unpaired) electrons. The van der Waals surface area contributed by atoms with Crippen molar-refractivity contribution < 1.29 is 4.79 Å². The van der Waals surface area contributed by atoms with E-state index in [0.717, 1.165) is 25.9 Å². The van der Waals surface area contributed by atoms with E-state index in [1.807, 2.05) is 25.1 Å². The third-order valence-electron chi connectivity index (χ3n) is 3.38. The summed E-state index contributed by atoms with van der Waals surface area (Å²) >= 11 is 0. The minimum atomic E-state index is -0.0494. The lowest BCUT2D eigenvalue weighted by Crippen LogP contribution is -2.39. The van der Waals surface area contributed by atoms with Gasteiger partial charge in [-0.05, 0) is 25.3 Å². The van der Waals surface area contributed by atoms with E-state index < -0.39 is 0 Å². The molecule has 0 saturated heterocycles. The van der Waals surface area contributed by atoms with Gasteiger partial charge in [-0.1, -0.05) is 50.1 Å². The molecular weight excluding hydrogens is 415 g/mol. The smallest absolute Gasteiger partial charge is 0.241 e. The zero-order valence-electron chi connectivity index (χ0n) is 14.8. The van der Waals surface area contributed by atoms with Gasteiger partial charge in [0.1, 0.15) is 6.54 Å². The Morgan fingerprint density at radius 1 is 1.00 bits per heavy atom. The van der Waals surface area contributed by atoms with Gasteiger partial charge in [0.2, 0.25) is 5.91 Å². The molecule has 0 aliphatic rings. The number of aliphatic imine (C=N–C) groups is 1. The number of nitrogens with one attached hydrogen (secondary N) is 3. The third-order valence-corrected chi connectivity index (χ3v) is 3.38. The zero-order chi connectivity index (χ0) is 16.8. The molecule has 3 N–H and O–H groups in total. The number of carbonyl (C=O) groups excluding carboxylic acids is 1. The van der Waals surface area contributed by atoms with Gasteiger partial charge >= 0.3 is 0 Å². The van der Waals surface area contributed by atoms with Gasteiger partial charge in [-0.2, -0.15) is 0 Å². The highest BCUT2D eigenvalue weighted by molar-refractivity contribution is 14.0. The number of amides is 1. The molecule has 0 aliphatic carbocycles. The minimum Gasteiger partial charge on any atom is -0.357 e. The molecule has 6 heteroatoms. The Morgan fingerprint density at radius 3 is 2.42 bits per heavy atom. The second kappa shape index (κ2) is 15.2. The van der Waals surface area contributed by atoms with Crippen molar-refractivity contribution in [3.8, 4) is 0 Å². The van der Waals surface area contributed by atoms with Crippen LogP contribution in [0.1, 0.15) is 38.7 Å². The van der Waals surface area contributed by atoms with Crippen LogP contribution in [0, 0.1) is 0 Å². The van der Waals surface area contributed by atoms with Crippen molar-refractivity contribution in [2.24, 2.45) is 4.99 Å². The van der Waals surface area contributed by atoms with Crippen LogP contribution in [0.15, 0.2) is 35.3 Å². The SMILES string of the molecule is CCCCCNC(=NCC(=O)NCCc1ccccc1)NCC.I. The van der Waals surface area contributed by atoms with Crippen LogP contribution in [0.5, 0.6) is 0 Å². The second-order valence-electron chi connectivity index (χ2n) is 5.41. The molecule has 0 unspecified atom stereocenters. The van der Waals surface area contributed by atoms with Gasteiger partial charge in [0.15, 0.2) is 5.96 Å². The van der Waals surface area contributed by atoms with Crippen molar-refractivity contribution in [3.63, 3.8) is 0 Å². The van der Waals surface area contributed by atoms with Crippen molar-refractivity contribution in [2.45, 2.75) is 39.5 Å². The van der Waals surface area contributed by atoms with Gasteiger partial charge in [0.05, 0.1) is 0 Å². The number of hydrogen-bond acceptors (Lipinski definition) is 2. The van der Waals surface area contributed by atoms with Gasteiger partial charge in [-0.15, -0.1) is 24.0 Å². The lowest BCUT2D eigenvalue weighted by molar-refractivity contribution is -0.119. The molecular formula is C18H31IN4O. The first-order chi connectivity index (χ1) is 11.3. The molecule has 24 heavy (non-hydrogen) atoms. The van der Waals surface area contributed by atoms with E-state index in [1.165, 1.54) is 18.4 Å². The van der Waals surface area contributed by atoms with Crippen LogP contribution in [-0.4, -0.2) is 38.0 Å². The summed E-state index contributed by atoms with van der Waals surface area (Å²) in [7, 11) is 0. The van der Waals surface area contributed by atoms with E-state index in [-0.39, 0.29) is 36.4 Å². The number of carbonyl (C=O) groups is 1. The monoisotopic (exact) mass is 446 g/mol. The predicted molar refractivity (Wildman–Crippen MR) is 112 cm³/mol. The Kier molecular flexibility index (Phi) is 14.4. The first kappa shape index (κ1) is 22.7. The average Bonchev–Trinajstić information content (AvgIpc) is 2.57. The normalized spacial score (nSPS) is 10.7. The number of halogens is 1. The van der Waals surface area contributed by atoms with Crippen LogP contribution in [0.25, 0.3) is 0 Å². The van der Waals surface area contributed by atoms with Gasteiger partial charge in [-0.25, -0.2) is 4.99 Å². The summed E-state index contributed by atoms with van der Waals surface area (Å²) in [6, 6.07) is 10.1. The summed E-state index contributed by atoms with van der Waals surface area (Å²) in [5, 5.41) is 9.31. The Hall–Kier alpha value is -1.31. The average molecular weight is 446 g/mol. The lowest BCUT2D eigenvalue weighted by atomic mass is 10.1. The van der Waals surface area contributed by atoms with Gasteiger partial charge in [-0.3, -0.25) is 4.79 Å². The lowest BCUT2D eigenvalue weighted by Gasteiger charge is -2.11. The van der Waals surface area contributed by atoms with Crippen LogP contribution in [0.3, 0.4) is 0 Å². The molecule has 0 fully saturated rings. The maximum Gasteiger partial charge on any atom is 0.241 e. The van der Waals surface area contributed by atoms with Crippen molar-refractivity contribution in [1.29, 1.82) is 0 Å². The maximum absolute atomic E-state index is 11.8. The molecule has 0 heterocycles. The summed E-state index contributed by atoms with van der Waals surface area (Å²) in [5.74, 6) is 0.661. The van der Waals surface area contributed by atoms with Crippen molar-refractivity contribution in [1.82, 2.24) is 16.0 Å². The molecule has 1 aromatic carbocycles. The number of benzene rings is 1. The molecule has 1 rings (SSSR count). The van der Waals surface area contributed by atoms with Crippen molar-refractivity contribution in [3.05, 3.63) is 35.9 Å². The van der Waals surface area contributed by atoms with E-state index in [9.17, 15) is 4.79 Å². The number of guanidine groups is 1. The van der Waals surface area contributed by atoms with E-state index in [2.05, 4.69) is 40.0 Å². The Balaban J connectivity index is 0.00000529. The van der Waals surface area contributed by atoms with E-state index in [4.69, 9.17) is 0 Å². The molecule has 5 nitrogen and oxygen atoms in total. The fourth-order valence-electron chi connectivity index (χ4n) is 2.12. The Bertz CT molecular complexity index is 465. The molecule has 1 aromatic rings. The number of nitrogens with zero attached hydrogens (tertiary/aromatic N) is 1. The summed E-state index contributed by atoms with van der Waals surface area (Å²) in [4.78, 5) is 16.2. The summed E-state index contributed by atoms with van der Waals surface area (Å²) in [5.41, 5.74) is 1.22. The Morgan fingerprint density at radius 2 is 1.75 bits per heavy atom. The van der Waals surface area contributed by atoms with Crippen LogP contribution < -0.4 is 16.0 Å². The maximum atomic E-state index is 11.8. The van der Waals surface area contributed by atoms with Gasteiger partial charge in [0, 0.05) is 19.6 Å². The van der Waals surface area contributed by atoms with Crippen LogP contribution >= 0.6 is 24.0 Å². The van der Waals surface area contributed by atoms with Crippen LogP contribution in [0.4, 0.5) is 0 Å². The molecule has 0 aliphatic heterocycles. The summed E-state index contributed by atoms with van der Waals surface area (Å²) in [6.45, 7) is 6.66. The molecule has 1 amide bonds. The van der Waals surface area contributed by atoms with Crippen LogP contribution in [0.2, 0.25) is 0 Å². The summed E-state index contributed by atoms with van der Waals surface area (Å²) in [6.07, 6.45) is 4.35. The highest BCUT2D eigenvalue weighted by Crippen LogP contribution is 1.98. The molecule has 0 aromatic heterocycles. The van der Waals surface area contributed by atoms with E-state index >= 15 is 0 Å². The number of unbranched alkanes of at least 4 members (excludes halogenated alkanes) is 2. The topological polar surface area (TPSA) is 65.5 Å². The first-order valence-corrected chi connectivity index (χ1v) is 8.59. The first-order valence-electron chi connectivity index (χ1n) is 8.59. The largest absolute Gasteiger partial charge is 0.357 e. The molecule has 0 bridgehead atoms. The zero-order valence-corrected chi connectivity index (χ0v) is 17.1. The van der Waals surface area contributed by atoms with E-state index in [0.29, 0.717) is 12.5 Å². The Labute approximate surface area is 163 Å². The molecule has 136 valence electrons. The van der Waals surface area contributed by atoms with Crippen molar-refractivity contribution >= 4 is 35.8 Å². The molecule has 0 saturated carbocycles. The fourth-order valence-corrected chi connectivity index (χ4v) is 2.12. The van der Waals surface area contributed by atoms with Gasteiger partial charge in [0.25, 0.3) is 0 Å². The highest BCUT2D eigenvalue weighted by atomic mass is 127. The van der Waals surface area contributed by atoms with Gasteiger partial charge < -0.3 is 16.0 Å². The van der Waals surface area contributed by atoms with Crippen molar-refractivity contribution in [2.75, 3.05) is 26.2 Å².